The third-order valence-electron chi connectivity index (χ3n) is 10.2. The first-order valence-corrected chi connectivity index (χ1v) is 16.5. The normalized spacial score (nSPS) is 11.8. The van der Waals surface area contributed by atoms with Crippen molar-refractivity contribution >= 4 is 32.3 Å². The Balaban J connectivity index is 1.10. The number of fused-ring (bicyclic) bond motifs is 14. The highest BCUT2D eigenvalue weighted by atomic mass is 14.6. The molecule has 1 aliphatic rings. The van der Waals surface area contributed by atoms with Crippen molar-refractivity contribution in [2.24, 2.45) is 0 Å². The Labute approximate surface area is 279 Å². The van der Waals surface area contributed by atoms with E-state index in [9.17, 15) is 0 Å². The van der Waals surface area contributed by atoms with Crippen LogP contribution < -0.4 is 0 Å². The van der Waals surface area contributed by atoms with Crippen molar-refractivity contribution in [3.8, 4) is 66.8 Å². The Morgan fingerprint density at radius 3 is 1.21 bits per heavy atom. The lowest BCUT2D eigenvalue weighted by Crippen LogP contribution is -1.97. The van der Waals surface area contributed by atoms with E-state index in [1.165, 1.54) is 99.1 Å². The molecule has 0 radical (unpaired) electrons. The Morgan fingerprint density at radius 1 is 0.250 bits per heavy atom. The van der Waals surface area contributed by atoms with Gasteiger partial charge in [-0.3, -0.25) is 4.98 Å². The zero-order valence-corrected chi connectivity index (χ0v) is 26.2. The third-order valence-corrected chi connectivity index (χ3v) is 10.2. The lowest BCUT2D eigenvalue weighted by atomic mass is 9.80. The van der Waals surface area contributed by atoms with Crippen molar-refractivity contribution in [2.75, 3.05) is 0 Å². The van der Waals surface area contributed by atoms with Crippen LogP contribution >= 0.6 is 0 Å². The Morgan fingerprint density at radius 2 is 0.646 bits per heavy atom. The SMILES string of the molecule is c1ccc2c(c1)-c1ccccc1-c1ccc(-c3ccc(-c4ccc5c6ccccc6c6ccncc6c5c4)cc3)cc1-c1ccccc1-2. The number of nitrogens with zero attached hydrogens (tertiary/aromatic N) is 1. The van der Waals surface area contributed by atoms with Crippen molar-refractivity contribution in [1.29, 1.82) is 0 Å². The standard InChI is InChI=1S/C47H29N/c1-2-10-35-34(9-1)36-11-3-4-13-38(36)42-23-21-32(27-45(42)41-16-8-7-12-37(35)41)30-17-19-31(20-18-30)33-22-24-43-39-14-5-6-15-40(39)44-25-26-48-29-47(44)46(43)28-33/h1-29H. The number of benzene rings is 8. The molecule has 1 aromatic heterocycles. The van der Waals surface area contributed by atoms with Crippen LogP contribution in [0.25, 0.3) is 99.1 Å². The fourth-order valence-electron chi connectivity index (χ4n) is 7.87. The highest BCUT2D eigenvalue weighted by Gasteiger charge is 2.22. The van der Waals surface area contributed by atoms with Crippen LogP contribution in [0.15, 0.2) is 176 Å². The minimum Gasteiger partial charge on any atom is -0.264 e. The van der Waals surface area contributed by atoms with Crippen LogP contribution in [0.4, 0.5) is 0 Å². The summed E-state index contributed by atoms with van der Waals surface area (Å²) in [5, 5.41) is 7.48. The monoisotopic (exact) mass is 607 g/mol. The molecule has 0 saturated heterocycles. The molecule has 0 aliphatic heterocycles. The number of hydrogen-bond donors (Lipinski definition) is 0. The molecular formula is C47H29N. The molecule has 0 spiro atoms. The highest BCUT2D eigenvalue weighted by Crippen LogP contribution is 2.48. The van der Waals surface area contributed by atoms with Crippen molar-refractivity contribution in [2.45, 2.75) is 0 Å². The van der Waals surface area contributed by atoms with Gasteiger partial charge in [0.1, 0.15) is 0 Å². The second-order valence-corrected chi connectivity index (χ2v) is 12.7. The molecule has 0 bridgehead atoms. The first kappa shape index (κ1) is 26.9. The van der Waals surface area contributed by atoms with Gasteiger partial charge in [0.15, 0.2) is 0 Å². The minimum atomic E-state index is 1.19. The fourth-order valence-corrected chi connectivity index (χ4v) is 7.87. The van der Waals surface area contributed by atoms with Gasteiger partial charge in [-0.15, -0.1) is 0 Å². The van der Waals surface area contributed by atoms with Crippen LogP contribution in [0.1, 0.15) is 0 Å². The summed E-state index contributed by atoms with van der Waals surface area (Å²) >= 11 is 0. The maximum Gasteiger partial charge on any atom is 0.0352 e. The van der Waals surface area contributed by atoms with Gasteiger partial charge in [-0.1, -0.05) is 146 Å². The third kappa shape index (κ3) is 4.08. The Bertz CT molecular complexity index is 2680. The van der Waals surface area contributed by atoms with Gasteiger partial charge in [-0.25, -0.2) is 0 Å². The van der Waals surface area contributed by atoms with E-state index in [2.05, 4.69) is 169 Å². The second kappa shape index (κ2) is 10.6. The first-order valence-electron chi connectivity index (χ1n) is 16.5. The van der Waals surface area contributed by atoms with Gasteiger partial charge in [-0.05, 0) is 112 Å². The summed E-state index contributed by atoms with van der Waals surface area (Å²) in [4.78, 5) is 4.50. The Kier molecular flexibility index (Phi) is 5.94. The van der Waals surface area contributed by atoms with Crippen LogP contribution in [0.5, 0.6) is 0 Å². The predicted molar refractivity (Wildman–Crippen MR) is 203 cm³/mol. The number of pyridine rings is 1. The molecule has 0 unspecified atom stereocenters. The Hall–Kier alpha value is -6.31. The zero-order chi connectivity index (χ0) is 31.6. The summed E-state index contributed by atoms with van der Waals surface area (Å²) in [6.45, 7) is 0. The minimum absolute atomic E-state index is 1.19. The summed E-state index contributed by atoms with van der Waals surface area (Å²) in [5.41, 5.74) is 15.0. The van der Waals surface area contributed by atoms with E-state index in [1.807, 2.05) is 12.4 Å². The maximum atomic E-state index is 4.50. The van der Waals surface area contributed by atoms with Crippen molar-refractivity contribution in [1.82, 2.24) is 4.98 Å². The van der Waals surface area contributed by atoms with E-state index < -0.39 is 0 Å². The lowest BCUT2D eigenvalue weighted by Gasteiger charge is -2.23. The number of aromatic nitrogens is 1. The summed E-state index contributed by atoms with van der Waals surface area (Å²) < 4.78 is 0. The maximum absolute atomic E-state index is 4.50. The van der Waals surface area contributed by atoms with E-state index >= 15 is 0 Å². The molecule has 48 heavy (non-hydrogen) atoms. The van der Waals surface area contributed by atoms with Gasteiger partial charge < -0.3 is 0 Å². The molecule has 1 aliphatic carbocycles. The molecule has 9 aromatic rings. The summed E-state index contributed by atoms with van der Waals surface area (Å²) in [5.74, 6) is 0. The predicted octanol–water partition coefficient (Wildman–Crippen LogP) is 12.9. The number of rotatable bonds is 2. The summed E-state index contributed by atoms with van der Waals surface area (Å²) in [6.07, 6.45) is 3.90. The topological polar surface area (TPSA) is 12.9 Å². The molecule has 0 fully saturated rings. The van der Waals surface area contributed by atoms with Gasteiger partial charge in [0.25, 0.3) is 0 Å². The van der Waals surface area contributed by atoms with Crippen LogP contribution in [0.3, 0.4) is 0 Å². The largest absolute Gasteiger partial charge is 0.264 e. The quantitative estimate of drug-likeness (QED) is 0.178. The molecule has 222 valence electrons. The molecule has 1 heteroatoms. The van der Waals surface area contributed by atoms with Crippen LogP contribution in [-0.4, -0.2) is 4.98 Å². The molecule has 1 heterocycles. The van der Waals surface area contributed by atoms with Gasteiger partial charge in [-0.2, -0.15) is 0 Å². The molecule has 0 atom stereocenters. The highest BCUT2D eigenvalue weighted by molar-refractivity contribution is 6.25. The molecule has 0 saturated carbocycles. The lowest BCUT2D eigenvalue weighted by molar-refractivity contribution is 1.37. The van der Waals surface area contributed by atoms with Crippen molar-refractivity contribution < 1.29 is 0 Å². The van der Waals surface area contributed by atoms with E-state index in [1.54, 1.807) is 0 Å². The molecule has 10 rings (SSSR count). The average Bonchev–Trinajstić information content (AvgIpc) is 3.17. The summed E-state index contributed by atoms with van der Waals surface area (Å²) in [6, 6.07) is 60.2. The van der Waals surface area contributed by atoms with Crippen molar-refractivity contribution in [3.05, 3.63) is 176 Å². The average molecular weight is 608 g/mol. The smallest absolute Gasteiger partial charge is 0.0352 e. The molecule has 8 aromatic carbocycles. The van der Waals surface area contributed by atoms with Gasteiger partial charge in [0, 0.05) is 17.8 Å². The molecule has 0 amide bonds. The molecule has 0 N–H and O–H groups in total. The van der Waals surface area contributed by atoms with E-state index in [-0.39, 0.29) is 0 Å². The van der Waals surface area contributed by atoms with Crippen LogP contribution in [-0.2, 0) is 0 Å². The first-order chi connectivity index (χ1) is 23.8. The molecular weight excluding hydrogens is 579 g/mol. The fraction of sp³-hybridized carbons (Fsp3) is 0. The van der Waals surface area contributed by atoms with Gasteiger partial charge >= 0.3 is 0 Å². The second-order valence-electron chi connectivity index (χ2n) is 12.7. The van der Waals surface area contributed by atoms with Gasteiger partial charge in [0.2, 0.25) is 0 Å². The zero-order valence-electron chi connectivity index (χ0n) is 26.2. The van der Waals surface area contributed by atoms with Gasteiger partial charge in [0.05, 0.1) is 0 Å². The van der Waals surface area contributed by atoms with Crippen molar-refractivity contribution in [3.63, 3.8) is 0 Å². The van der Waals surface area contributed by atoms with E-state index in [4.69, 9.17) is 0 Å². The summed E-state index contributed by atoms with van der Waals surface area (Å²) in [7, 11) is 0. The van der Waals surface area contributed by atoms with Crippen LogP contribution in [0, 0.1) is 0 Å². The van der Waals surface area contributed by atoms with E-state index in [0.29, 0.717) is 0 Å². The molecule has 1 nitrogen and oxygen atoms in total. The van der Waals surface area contributed by atoms with Crippen LogP contribution in [0.2, 0.25) is 0 Å². The number of hydrogen-bond acceptors (Lipinski definition) is 1. The van der Waals surface area contributed by atoms with E-state index in [0.717, 1.165) is 0 Å².